The van der Waals surface area contributed by atoms with Crippen LogP contribution in [-0.2, 0) is 10.0 Å². The Kier molecular flexibility index (Phi) is 4.41. The van der Waals surface area contributed by atoms with E-state index in [0.29, 0.717) is 37.5 Å². The molecule has 0 radical (unpaired) electrons. The van der Waals surface area contributed by atoms with Gasteiger partial charge in [0.05, 0.1) is 4.90 Å². The van der Waals surface area contributed by atoms with Gasteiger partial charge in [0, 0.05) is 26.2 Å². The maximum atomic E-state index is 12.5. The molecule has 23 heavy (non-hydrogen) atoms. The Labute approximate surface area is 136 Å². The summed E-state index contributed by atoms with van der Waals surface area (Å²) in [6, 6.07) is 6.91. The third-order valence-corrected chi connectivity index (χ3v) is 6.32. The van der Waals surface area contributed by atoms with Crippen LogP contribution in [0.25, 0.3) is 5.57 Å². The number of carbonyl (C=O) groups is 1. The van der Waals surface area contributed by atoms with Crippen LogP contribution in [0.15, 0.2) is 35.2 Å². The van der Waals surface area contributed by atoms with Gasteiger partial charge < -0.3 is 10.0 Å². The van der Waals surface area contributed by atoms with Gasteiger partial charge in [0.25, 0.3) is 0 Å². The Morgan fingerprint density at radius 3 is 2.22 bits per heavy atom. The standard InChI is InChI=1S/C16H20N2O4S/c19-16(20)17-11-7-14(8-12-17)13-3-5-15(6-4-13)23(21,22)18-9-1-2-10-18/h3-7H,1-2,8-12H2,(H,19,20). The number of amides is 1. The van der Waals surface area contributed by atoms with E-state index in [1.165, 1.54) is 9.21 Å². The number of nitrogens with zero attached hydrogens (tertiary/aromatic N) is 2. The third-order valence-electron chi connectivity index (χ3n) is 4.41. The summed E-state index contributed by atoms with van der Waals surface area (Å²) in [7, 11) is -3.38. The predicted octanol–water partition coefficient (Wildman–Crippen LogP) is 2.24. The molecule has 0 saturated carbocycles. The lowest BCUT2D eigenvalue weighted by Gasteiger charge is -2.24. The first kappa shape index (κ1) is 16.0. The van der Waals surface area contributed by atoms with Gasteiger partial charge in [-0.1, -0.05) is 18.2 Å². The van der Waals surface area contributed by atoms with Crippen molar-refractivity contribution in [2.45, 2.75) is 24.2 Å². The van der Waals surface area contributed by atoms with Crippen LogP contribution in [0.2, 0.25) is 0 Å². The molecule has 0 aromatic heterocycles. The summed E-state index contributed by atoms with van der Waals surface area (Å²) in [5.74, 6) is 0. The molecule has 0 bridgehead atoms. The number of rotatable bonds is 3. The summed E-state index contributed by atoms with van der Waals surface area (Å²) in [5.41, 5.74) is 2.02. The molecule has 6 nitrogen and oxygen atoms in total. The molecule has 0 unspecified atom stereocenters. The monoisotopic (exact) mass is 336 g/mol. The van der Waals surface area contributed by atoms with E-state index in [4.69, 9.17) is 5.11 Å². The fourth-order valence-electron chi connectivity index (χ4n) is 3.02. The summed E-state index contributed by atoms with van der Waals surface area (Å²) < 4.78 is 26.5. The minimum Gasteiger partial charge on any atom is -0.465 e. The molecule has 1 N–H and O–H groups in total. The fraction of sp³-hybridized carbons (Fsp3) is 0.438. The van der Waals surface area contributed by atoms with Gasteiger partial charge in [-0.05, 0) is 42.5 Å². The highest BCUT2D eigenvalue weighted by molar-refractivity contribution is 7.89. The van der Waals surface area contributed by atoms with Gasteiger partial charge in [0.15, 0.2) is 0 Å². The summed E-state index contributed by atoms with van der Waals surface area (Å²) in [6.45, 7) is 2.04. The Morgan fingerprint density at radius 1 is 1.04 bits per heavy atom. The lowest BCUT2D eigenvalue weighted by Crippen LogP contribution is -2.33. The number of carboxylic acid groups (broad SMARTS) is 1. The molecule has 1 amide bonds. The van der Waals surface area contributed by atoms with Crippen LogP contribution < -0.4 is 0 Å². The number of hydrogen-bond acceptors (Lipinski definition) is 3. The van der Waals surface area contributed by atoms with Crippen LogP contribution in [0.3, 0.4) is 0 Å². The van der Waals surface area contributed by atoms with E-state index < -0.39 is 16.1 Å². The summed E-state index contributed by atoms with van der Waals surface area (Å²) in [6.07, 6.45) is 3.47. The van der Waals surface area contributed by atoms with E-state index >= 15 is 0 Å². The zero-order valence-corrected chi connectivity index (χ0v) is 13.6. The number of benzene rings is 1. The Hall–Kier alpha value is -1.86. The zero-order valence-electron chi connectivity index (χ0n) is 12.8. The third kappa shape index (κ3) is 3.25. The molecule has 1 fully saturated rings. The summed E-state index contributed by atoms with van der Waals surface area (Å²) >= 11 is 0. The SMILES string of the molecule is O=C(O)N1CC=C(c2ccc(S(=O)(=O)N3CCCC3)cc2)CC1. The highest BCUT2D eigenvalue weighted by Crippen LogP contribution is 2.26. The van der Waals surface area contributed by atoms with Crippen molar-refractivity contribution in [1.29, 1.82) is 0 Å². The summed E-state index contributed by atoms with van der Waals surface area (Å²) in [4.78, 5) is 12.6. The molecular formula is C16H20N2O4S. The predicted molar refractivity (Wildman–Crippen MR) is 86.6 cm³/mol. The molecule has 0 aliphatic carbocycles. The lowest BCUT2D eigenvalue weighted by atomic mass is 10.00. The molecule has 0 spiro atoms. The molecule has 0 atom stereocenters. The van der Waals surface area contributed by atoms with Crippen molar-refractivity contribution in [2.75, 3.05) is 26.2 Å². The minimum absolute atomic E-state index is 0.326. The van der Waals surface area contributed by atoms with Gasteiger partial charge in [-0.3, -0.25) is 0 Å². The maximum absolute atomic E-state index is 12.5. The molecule has 124 valence electrons. The molecule has 2 heterocycles. The van der Waals surface area contributed by atoms with E-state index in [2.05, 4.69) is 0 Å². The quantitative estimate of drug-likeness (QED) is 0.918. The first-order chi connectivity index (χ1) is 11.0. The second-order valence-electron chi connectivity index (χ2n) is 5.84. The van der Waals surface area contributed by atoms with Crippen molar-refractivity contribution in [2.24, 2.45) is 0 Å². The number of hydrogen-bond donors (Lipinski definition) is 1. The molecule has 1 aromatic carbocycles. The second kappa shape index (κ2) is 6.33. The highest BCUT2D eigenvalue weighted by Gasteiger charge is 2.27. The van der Waals surface area contributed by atoms with Crippen molar-refractivity contribution >= 4 is 21.7 Å². The maximum Gasteiger partial charge on any atom is 0.407 e. The van der Waals surface area contributed by atoms with Crippen LogP contribution in [0.1, 0.15) is 24.8 Å². The average Bonchev–Trinajstić information content (AvgIpc) is 3.10. The first-order valence-electron chi connectivity index (χ1n) is 7.76. The van der Waals surface area contributed by atoms with Gasteiger partial charge >= 0.3 is 6.09 Å². The van der Waals surface area contributed by atoms with Crippen molar-refractivity contribution < 1.29 is 18.3 Å². The second-order valence-corrected chi connectivity index (χ2v) is 7.78. The van der Waals surface area contributed by atoms with Crippen LogP contribution >= 0.6 is 0 Å². The molecule has 1 aromatic rings. The van der Waals surface area contributed by atoms with Gasteiger partial charge in [-0.25, -0.2) is 13.2 Å². The minimum atomic E-state index is -3.38. The van der Waals surface area contributed by atoms with E-state index in [1.807, 2.05) is 18.2 Å². The normalized spacial score (nSPS) is 19.7. The smallest absolute Gasteiger partial charge is 0.407 e. The molecular weight excluding hydrogens is 316 g/mol. The van der Waals surface area contributed by atoms with Gasteiger partial charge in [-0.2, -0.15) is 4.31 Å². The van der Waals surface area contributed by atoms with E-state index in [0.717, 1.165) is 24.0 Å². The van der Waals surface area contributed by atoms with Crippen LogP contribution in [-0.4, -0.2) is 55.0 Å². The largest absolute Gasteiger partial charge is 0.465 e. The Morgan fingerprint density at radius 2 is 1.70 bits per heavy atom. The van der Waals surface area contributed by atoms with Crippen molar-refractivity contribution in [3.8, 4) is 0 Å². The average molecular weight is 336 g/mol. The zero-order chi connectivity index (χ0) is 16.4. The van der Waals surface area contributed by atoms with Gasteiger partial charge in [0.1, 0.15) is 0 Å². The van der Waals surface area contributed by atoms with Crippen molar-refractivity contribution in [3.05, 3.63) is 35.9 Å². The van der Waals surface area contributed by atoms with E-state index in [9.17, 15) is 13.2 Å². The Balaban J connectivity index is 1.76. The van der Waals surface area contributed by atoms with E-state index in [1.54, 1.807) is 12.1 Å². The summed E-state index contributed by atoms with van der Waals surface area (Å²) in [5, 5.41) is 8.95. The molecule has 3 rings (SSSR count). The van der Waals surface area contributed by atoms with Crippen molar-refractivity contribution in [3.63, 3.8) is 0 Å². The van der Waals surface area contributed by atoms with Crippen LogP contribution in [0.5, 0.6) is 0 Å². The molecule has 2 aliphatic heterocycles. The fourth-order valence-corrected chi connectivity index (χ4v) is 4.54. The lowest BCUT2D eigenvalue weighted by molar-refractivity contribution is 0.150. The van der Waals surface area contributed by atoms with E-state index in [-0.39, 0.29) is 0 Å². The van der Waals surface area contributed by atoms with Crippen LogP contribution in [0, 0.1) is 0 Å². The van der Waals surface area contributed by atoms with Gasteiger partial charge in [0.2, 0.25) is 10.0 Å². The Bertz CT molecular complexity index is 719. The van der Waals surface area contributed by atoms with Gasteiger partial charge in [-0.15, -0.1) is 0 Å². The topological polar surface area (TPSA) is 77.9 Å². The first-order valence-corrected chi connectivity index (χ1v) is 9.20. The highest BCUT2D eigenvalue weighted by atomic mass is 32.2. The number of sulfonamides is 1. The molecule has 1 saturated heterocycles. The molecule has 2 aliphatic rings. The van der Waals surface area contributed by atoms with Crippen LogP contribution in [0.4, 0.5) is 4.79 Å². The van der Waals surface area contributed by atoms with Crippen molar-refractivity contribution in [1.82, 2.24) is 9.21 Å². The molecule has 7 heteroatoms.